The van der Waals surface area contributed by atoms with Gasteiger partial charge in [-0.2, -0.15) is 0 Å². The van der Waals surface area contributed by atoms with Crippen molar-refractivity contribution in [1.29, 1.82) is 0 Å². The number of rotatable bonds is 7. The molecule has 0 atom stereocenters. The number of benzene rings is 1. The molecule has 172 valence electrons. The first-order chi connectivity index (χ1) is 14.7. The number of carbonyl (C=O) groups excluding carboxylic acids is 2. The second kappa shape index (κ2) is 9.77. The van der Waals surface area contributed by atoms with E-state index in [1.807, 2.05) is 14.1 Å². The van der Waals surface area contributed by atoms with Crippen LogP contribution >= 0.6 is 0 Å². The highest BCUT2D eigenvalue weighted by Crippen LogP contribution is 2.40. The monoisotopic (exact) mass is 433 g/mol. The number of hydrogen-bond donors (Lipinski definition) is 1. The van der Waals surface area contributed by atoms with Gasteiger partial charge in [-0.15, -0.1) is 0 Å². The number of amides is 2. The number of carbonyl (C=O) groups is 2. The Hall–Kier alpha value is -2.48. The first-order valence-electron chi connectivity index (χ1n) is 10.9. The average Bonchev–Trinajstić information content (AvgIpc) is 2.75. The molecule has 1 aromatic rings. The Morgan fingerprint density at radius 1 is 1.19 bits per heavy atom. The molecule has 8 heteroatoms. The van der Waals surface area contributed by atoms with Gasteiger partial charge in [0.2, 0.25) is 11.7 Å². The minimum absolute atomic E-state index is 0.00706. The Balaban J connectivity index is 1.56. The third-order valence-corrected chi connectivity index (χ3v) is 5.71. The lowest BCUT2D eigenvalue weighted by Gasteiger charge is -2.33. The van der Waals surface area contributed by atoms with E-state index < -0.39 is 0 Å². The highest BCUT2D eigenvalue weighted by molar-refractivity contribution is 5.96. The maximum atomic E-state index is 13.1. The van der Waals surface area contributed by atoms with Crippen LogP contribution in [-0.4, -0.2) is 82.2 Å². The maximum absolute atomic E-state index is 13.1. The standard InChI is InChI=1S/C23H35N3O5/c1-23(2,15-25(3)4)14-24-21(27)16-6-8-26(9-7-16)22(28)17-12-18(29-5)20-19(13-17)30-10-11-31-20/h12-13,16H,6-11,14-15H2,1-5H3,(H,24,27). The van der Waals surface area contributed by atoms with Crippen LogP contribution < -0.4 is 19.5 Å². The minimum Gasteiger partial charge on any atom is -0.493 e. The molecule has 1 aromatic carbocycles. The number of likely N-dealkylation sites (tertiary alicyclic amines) is 1. The van der Waals surface area contributed by atoms with Gasteiger partial charge in [-0.3, -0.25) is 9.59 Å². The van der Waals surface area contributed by atoms with E-state index in [0.717, 1.165) is 6.54 Å². The molecular weight excluding hydrogens is 398 g/mol. The van der Waals surface area contributed by atoms with Crippen LogP contribution in [0.15, 0.2) is 12.1 Å². The first kappa shape index (κ1) is 23.2. The van der Waals surface area contributed by atoms with Crippen LogP contribution in [0.3, 0.4) is 0 Å². The van der Waals surface area contributed by atoms with E-state index in [0.29, 0.717) is 68.5 Å². The van der Waals surface area contributed by atoms with Crippen molar-refractivity contribution < 1.29 is 23.8 Å². The Morgan fingerprint density at radius 3 is 2.52 bits per heavy atom. The van der Waals surface area contributed by atoms with Crippen LogP contribution in [0.4, 0.5) is 0 Å². The van der Waals surface area contributed by atoms with Crippen molar-refractivity contribution in [3.05, 3.63) is 17.7 Å². The summed E-state index contributed by atoms with van der Waals surface area (Å²) in [6, 6.07) is 3.41. The third kappa shape index (κ3) is 5.81. The summed E-state index contributed by atoms with van der Waals surface area (Å²) in [4.78, 5) is 29.6. The van der Waals surface area contributed by atoms with Crippen LogP contribution in [-0.2, 0) is 4.79 Å². The molecule has 0 saturated carbocycles. The van der Waals surface area contributed by atoms with Gasteiger partial charge in [0, 0.05) is 37.7 Å². The Morgan fingerprint density at radius 2 is 1.87 bits per heavy atom. The van der Waals surface area contributed by atoms with E-state index >= 15 is 0 Å². The maximum Gasteiger partial charge on any atom is 0.254 e. The zero-order valence-corrected chi connectivity index (χ0v) is 19.3. The minimum atomic E-state index is -0.0822. The van der Waals surface area contributed by atoms with Crippen LogP contribution in [0.5, 0.6) is 17.2 Å². The highest BCUT2D eigenvalue weighted by atomic mass is 16.6. The molecule has 8 nitrogen and oxygen atoms in total. The molecule has 2 aliphatic rings. The van der Waals surface area contributed by atoms with E-state index in [9.17, 15) is 9.59 Å². The van der Waals surface area contributed by atoms with Crippen molar-refractivity contribution in [2.24, 2.45) is 11.3 Å². The van der Waals surface area contributed by atoms with Gasteiger partial charge in [-0.25, -0.2) is 0 Å². The van der Waals surface area contributed by atoms with Gasteiger partial charge >= 0.3 is 0 Å². The van der Waals surface area contributed by atoms with Crippen molar-refractivity contribution in [1.82, 2.24) is 15.1 Å². The molecule has 2 amide bonds. The van der Waals surface area contributed by atoms with Gasteiger partial charge in [0.1, 0.15) is 13.2 Å². The van der Waals surface area contributed by atoms with Crippen LogP contribution in [0, 0.1) is 11.3 Å². The average molecular weight is 434 g/mol. The topological polar surface area (TPSA) is 80.3 Å². The molecule has 0 radical (unpaired) electrons. The van der Waals surface area contributed by atoms with Crippen molar-refractivity contribution in [2.45, 2.75) is 26.7 Å². The summed E-state index contributed by atoms with van der Waals surface area (Å²) < 4.78 is 16.6. The molecule has 1 saturated heterocycles. The summed E-state index contributed by atoms with van der Waals surface area (Å²) in [5.41, 5.74) is 0.516. The molecule has 0 unspecified atom stereocenters. The molecule has 3 rings (SSSR count). The van der Waals surface area contributed by atoms with Crippen molar-refractivity contribution in [2.75, 3.05) is 60.6 Å². The summed E-state index contributed by atoms with van der Waals surface area (Å²) in [6.45, 7) is 7.84. The number of nitrogens with zero attached hydrogens (tertiary/aromatic N) is 2. The second-order valence-electron chi connectivity index (χ2n) is 9.39. The molecule has 31 heavy (non-hydrogen) atoms. The normalized spacial score (nSPS) is 16.9. The zero-order valence-electron chi connectivity index (χ0n) is 19.3. The van der Waals surface area contributed by atoms with Crippen LogP contribution in [0.1, 0.15) is 37.0 Å². The van der Waals surface area contributed by atoms with Crippen molar-refractivity contribution in [3.8, 4) is 17.2 Å². The molecule has 0 aromatic heterocycles. The molecule has 2 heterocycles. The van der Waals surface area contributed by atoms with E-state index in [4.69, 9.17) is 14.2 Å². The summed E-state index contributed by atoms with van der Waals surface area (Å²) in [5.74, 6) is 1.51. The van der Waals surface area contributed by atoms with E-state index in [-0.39, 0.29) is 23.1 Å². The van der Waals surface area contributed by atoms with Crippen molar-refractivity contribution >= 4 is 11.8 Å². The van der Waals surface area contributed by atoms with Crippen molar-refractivity contribution in [3.63, 3.8) is 0 Å². The zero-order chi connectivity index (χ0) is 22.6. The van der Waals surface area contributed by atoms with Crippen LogP contribution in [0.25, 0.3) is 0 Å². The lowest BCUT2D eigenvalue weighted by molar-refractivity contribution is -0.126. The fourth-order valence-electron chi connectivity index (χ4n) is 4.31. The third-order valence-electron chi connectivity index (χ3n) is 5.71. The van der Waals surface area contributed by atoms with Gasteiger partial charge in [-0.05, 0) is 44.5 Å². The van der Waals surface area contributed by atoms with E-state index in [2.05, 4.69) is 24.1 Å². The number of methoxy groups -OCH3 is 1. The summed E-state index contributed by atoms with van der Waals surface area (Å²) in [6.07, 6.45) is 1.32. The molecule has 1 fully saturated rings. The van der Waals surface area contributed by atoms with E-state index in [1.54, 1.807) is 24.1 Å². The highest BCUT2D eigenvalue weighted by Gasteiger charge is 2.30. The summed E-state index contributed by atoms with van der Waals surface area (Å²) in [7, 11) is 5.62. The number of hydrogen-bond acceptors (Lipinski definition) is 6. The number of piperidine rings is 1. The summed E-state index contributed by atoms with van der Waals surface area (Å²) in [5, 5.41) is 3.11. The lowest BCUT2D eigenvalue weighted by Crippen LogP contribution is -2.46. The molecule has 1 N–H and O–H groups in total. The predicted octanol–water partition coefficient (Wildman–Crippen LogP) is 2.02. The summed E-state index contributed by atoms with van der Waals surface area (Å²) >= 11 is 0. The Kier molecular flexibility index (Phi) is 7.30. The SMILES string of the molecule is COc1cc(C(=O)N2CCC(C(=O)NCC(C)(C)CN(C)C)CC2)cc2c1OCCO2. The van der Waals surface area contributed by atoms with Gasteiger partial charge in [0.25, 0.3) is 5.91 Å². The molecule has 0 spiro atoms. The molecule has 0 bridgehead atoms. The van der Waals surface area contributed by atoms with Gasteiger partial charge < -0.3 is 29.3 Å². The number of fused-ring (bicyclic) bond motifs is 1. The number of nitrogens with one attached hydrogen (secondary N) is 1. The number of ether oxygens (including phenoxy) is 3. The Labute approximate surface area is 184 Å². The lowest BCUT2D eigenvalue weighted by atomic mass is 9.91. The van der Waals surface area contributed by atoms with Crippen LogP contribution in [0.2, 0.25) is 0 Å². The van der Waals surface area contributed by atoms with Gasteiger partial charge in [0.05, 0.1) is 7.11 Å². The Bertz CT molecular complexity index is 783. The van der Waals surface area contributed by atoms with Gasteiger partial charge in [0.15, 0.2) is 11.5 Å². The van der Waals surface area contributed by atoms with E-state index in [1.165, 1.54) is 0 Å². The second-order valence-corrected chi connectivity index (χ2v) is 9.39. The largest absolute Gasteiger partial charge is 0.493 e. The predicted molar refractivity (Wildman–Crippen MR) is 118 cm³/mol. The molecule has 0 aliphatic carbocycles. The molecule has 2 aliphatic heterocycles. The van der Waals surface area contributed by atoms with Gasteiger partial charge in [-0.1, -0.05) is 13.8 Å². The molecular formula is C23H35N3O5. The first-order valence-corrected chi connectivity index (χ1v) is 10.9. The quantitative estimate of drug-likeness (QED) is 0.709. The fraction of sp³-hybridized carbons (Fsp3) is 0.652. The fourth-order valence-corrected chi connectivity index (χ4v) is 4.31. The smallest absolute Gasteiger partial charge is 0.254 e.